The molecule has 0 bridgehead atoms. The van der Waals surface area contributed by atoms with Gasteiger partial charge in [-0.25, -0.2) is 0 Å². The van der Waals surface area contributed by atoms with Crippen molar-refractivity contribution in [1.29, 1.82) is 0 Å². The SMILES string of the molecule is Cc1ccc(-c2[nH]ncc2CNc2ccc(C)c(Br)c2)o1. The summed E-state index contributed by atoms with van der Waals surface area (Å²) in [5.74, 6) is 1.70. The van der Waals surface area contributed by atoms with Crippen LogP contribution in [0, 0.1) is 13.8 Å². The molecule has 0 unspecified atom stereocenters. The normalized spacial score (nSPS) is 10.8. The number of anilines is 1. The molecule has 0 radical (unpaired) electrons. The molecule has 0 saturated heterocycles. The molecule has 3 aromatic rings. The van der Waals surface area contributed by atoms with Crippen molar-refractivity contribution in [1.82, 2.24) is 10.2 Å². The Labute approximate surface area is 131 Å². The Morgan fingerprint density at radius 1 is 1.24 bits per heavy atom. The number of aromatic nitrogens is 2. The highest BCUT2D eigenvalue weighted by Gasteiger charge is 2.11. The van der Waals surface area contributed by atoms with E-state index in [1.165, 1.54) is 5.56 Å². The van der Waals surface area contributed by atoms with Gasteiger partial charge in [0, 0.05) is 22.3 Å². The Morgan fingerprint density at radius 3 is 2.81 bits per heavy atom. The van der Waals surface area contributed by atoms with Gasteiger partial charge in [-0.05, 0) is 43.7 Å². The first-order valence-electron chi connectivity index (χ1n) is 6.72. The van der Waals surface area contributed by atoms with E-state index < -0.39 is 0 Å². The van der Waals surface area contributed by atoms with E-state index in [0.29, 0.717) is 6.54 Å². The first-order chi connectivity index (χ1) is 10.1. The number of hydrogen-bond acceptors (Lipinski definition) is 3. The first kappa shape index (κ1) is 13.9. The number of furan rings is 1. The summed E-state index contributed by atoms with van der Waals surface area (Å²) in [6.45, 7) is 4.68. The third-order valence-electron chi connectivity index (χ3n) is 3.36. The fraction of sp³-hybridized carbons (Fsp3) is 0.188. The van der Waals surface area contributed by atoms with Gasteiger partial charge in [0.1, 0.15) is 11.5 Å². The smallest absolute Gasteiger partial charge is 0.152 e. The fourth-order valence-electron chi connectivity index (χ4n) is 2.13. The lowest BCUT2D eigenvalue weighted by atomic mass is 10.2. The van der Waals surface area contributed by atoms with Crippen LogP contribution in [-0.4, -0.2) is 10.2 Å². The lowest BCUT2D eigenvalue weighted by Crippen LogP contribution is -2.00. The molecule has 0 fully saturated rings. The van der Waals surface area contributed by atoms with Gasteiger partial charge in [0.25, 0.3) is 0 Å². The van der Waals surface area contributed by atoms with E-state index in [9.17, 15) is 0 Å². The monoisotopic (exact) mass is 345 g/mol. The number of rotatable bonds is 4. The van der Waals surface area contributed by atoms with E-state index in [-0.39, 0.29) is 0 Å². The number of nitrogens with zero attached hydrogens (tertiary/aromatic N) is 1. The third-order valence-corrected chi connectivity index (χ3v) is 4.21. The summed E-state index contributed by atoms with van der Waals surface area (Å²) in [5.41, 5.74) is 4.27. The largest absolute Gasteiger partial charge is 0.460 e. The van der Waals surface area contributed by atoms with E-state index in [1.807, 2.05) is 25.3 Å². The maximum absolute atomic E-state index is 5.65. The van der Waals surface area contributed by atoms with Crippen LogP contribution in [0.25, 0.3) is 11.5 Å². The number of benzene rings is 1. The standard InChI is InChI=1S/C16H16BrN3O/c1-10-3-5-13(7-14(10)17)18-8-12-9-19-20-16(12)15-6-4-11(2)21-15/h3-7,9,18H,8H2,1-2H3,(H,19,20). The van der Waals surface area contributed by atoms with Gasteiger partial charge < -0.3 is 9.73 Å². The highest BCUT2D eigenvalue weighted by molar-refractivity contribution is 9.10. The lowest BCUT2D eigenvalue weighted by Gasteiger charge is -2.08. The van der Waals surface area contributed by atoms with Crippen molar-refractivity contribution in [3.05, 3.63) is 57.9 Å². The minimum absolute atomic E-state index is 0.682. The summed E-state index contributed by atoms with van der Waals surface area (Å²) in [7, 11) is 0. The summed E-state index contributed by atoms with van der Waals surface area (Å²) in [5, 5.41) is 10.5. The van der Waals surface area contributed by atoms with E-state index in [4.69, 9.17) is 4.42 Å². The van der Waals surface area contributed by atoms with Crippen LogP contribution in [0.2, 0.25) is 0 Å². The average molecular weight is 346 g/mol. The van der Waals surface area contributed by atoms with Crippen molar-refractivity contribution in [3.8, 4) is 11.5 Å². The molecule has 3 rings (SSSR count). The van der Waals surface area contributed by atoms with Gasteiger partial charge in [-0.2, -0.15) is 5.10 Å². The van der Waals surface area contributed by atoms with Crippen LogP contribution in [0.4, 0.5) is 5.69 Å². The topological polar surface area (TPSA) is 53.9 Å². The Kier molecular flexibility index (Phi) is 3.84. The maximum Gasteiger partial charge on any atom is 0.152 e. The van der Waals surface area contributed by atoms with Crippen LogP contribution in [0.3, 0.4) is 0 Å². The maximum atomic E-state index is 5.65. The molecule has 4 nitrogen and oxygen atoms in total. The summed E-state index contributed by atoms with van der Waals surface area (Å²) in [6, 6.07) is 10.1. The van der Waals surface area contributed by atoms with E-state index >= 15 is 0 Å². The van der Waals surface area contributed by atoms with E-state index in [1.54, 1.807) is 0 Å². The zero-order chi connectivity index (χ0) is 14.8. The van der Waals surface area contributed by atoms with Crippen molar-refractivity contribution in [2.45, 2.75) is 20.4 Å². The molecule has 0 spiro atoms. The molecule has 1 aromatic carbocycles. The van der Waals surface area contributed by atoms with Crippen molar-refractivity contribution < 1.29 is 4.42 Å². The molecular weight excluding hydrogens is 330 g/mol. The van der Waals surface area contributed by atoms with Gasteiger partial charge in [-0.3, -0.25) is 5.10 Å². The first-order valence-corrected chi connectivity index (χ1v) is 7.52. The highest BCUT2D eigenvalue weighted by Crippen LogP contribution is 2.25. The average Bonchev–Trinajstić information content (AvgIpc) is 3.08. The summed E-state index contributed by atoms with van der Waals surface area (Å²) >= 11 is 3.55. The van der Waals surface area contributed by atoms with Gasteiger partial charge in [0.2, 0.25) is 0 Å². The van der Waals surface area contributed by atoms with Gasteiger partial charge in [-0.15, -0.1) is 0 Å². The molecule has 0 saturated carbocycles. The van der Waals surface area contributed by atoms with Crippen molar-refractivity contribution in [3.63, 3.8) is 0 Å². The second kappa shape index (κ2) is 5.77. The van der Waals surface area contributed by atoms with Crippen LogP contribution < -0.4 is 5.32 Å². The highest BCUT2D eigenvalue weighted by atomic mass is 79.9. The molecule has 0 atom stereocenters. The quantitative estimate of drug-likeness (QED) is 0.722. The molecule has 5 heteroatoms. The summed E-state index contributed by atoms with van der Waals surface area (Å²) in [6.07, 6.45) is 1.82. The van der Waals surface area contributed by atoms with Crippen LogP contribution in [0.1, 0.15) is 16.9 Å². The number of H-pyrrole nitrogens is 1. The molecule has 2 aromatic heterocycles. The molecule has 21 heavy (non-hydrogen) atoms. The van der Waals surface area contributed by atoms with E-state index in [0.717, 1.165) is 32.9 Å². The number of nitrogens with one attached hydrogen (secondary N) is 2. The van der Waals surface area contributed by atoms with Gasteiger partial charge in [-0.1, -0.05) is 22.0 Å². The summed E-state index contributed by atoms with van der Waals surface area (Å²) in [4.78, 5) is 0. The van der Waals surface area contributed by atoms with Gasteiger partial charge >= 0.3 is 0 Å². The van der Waals surface area contributed by atoms with Crippen LogP contribution in [0.15, 0.2) is 45.4 Å². The zero-order valence-electron chi connectivity index (χ0n) is 11.9. The molecule has 2 heterocycles. The molecule has 0 aliphatic rings. The van der Waals surface area contributed by atoms with Gasteiger partial charge in [0.05, 0.1) is 6.20 Å². The Hall–Kier alpha value is -2.01. The zero-order valence-corrected chi connectivity index (χ0v) is 13.5. The molecule has 2 N–H and O–H groups in total. The summed E-state index contributed by atoms with van der Waals surface area (Å²) < 4.78 is 6.75. The Balaban J connectivity index is 1.77. The van der Waals surface area contributed by atoms with Crippen molar-refractivity contribution in [2.24, 2.45) is 0 Å². The lowest BCUT2D eigenvalue weighted by molar-refractivity contribution is 0.545. The predicted octanol–water partition coefficient (Wildman–Crippen LogP) is 4.66. The fourth-order valence-corrected chi connectivity index (χ4v) is 2.51. The molecule has 0 aliphatic carbocycles. The van der Waals surface area contributed by atoms with Crippen molar-refractivity contribution >= 4 is 21.6 Å². The van der Waals surface area contributed by atoms with E-state index in [2.05, 4.69) is 56.6 Å². The predicted molar refractivity (Wildman–Crippen MR) is 87.2 cm³/mol. The molecule has 0 amide bonds. The number of halogens is 1. The number of aryl methyl sites for hydroxylation is 2. The molecule has 0 aliphatic heterocycles. The molecular formula is C16H16BrN3O. The second-order valence-electron chi connectivity index (χ2n) is 5.00. The van der Waals surface area contributed by atoms with Gasteiger partial charge in [0.15, 0.2) is 5.76 Å². The van der Waals surface area contributed by atoms with Crippen LogP contribution >= 0.6 is 15.9 Å². The minimum atomic E-state index is 0.682. The van der Waals surface area contributed by atoms with Crippen LogP contribution in [-0.2, 0) is 6.54 Å². The minimum Gasteiger partial charge on any atom is -0.460 e. The Bertz CT molecular complexity index is 760. The number of aromatic amines is 1. The Morgan fingerprint density at radius 2 is 2.10 bits per heavy atom. The van der Waals surface area contributed by atoms with Crippen molar-refractivity contribution in [2.75, 3.05) is 5.32 Å². The third kappa shape index (κ3) is 3.03. The van der Waals surface area contributed by atoms with Crippen LogP contribution in [0.5, 0.6) is 0 Å². The molecule has 108 valence electrons. The number of hydrogen-bond donors (Lipinski definition) is 2. The second-order valence-corrected chi connectivity index (χ2v) is 5.85.